The maximum absolute atomic E-state index is 13.1. The topological polar surface area (TPSA) is 68.3 Å². The molecule has 5 nitrogen and oxygen atoms in total. The number of rotatable bonds is 5. The molecule has 0 saturated carbocycles. The largest absolute Gasteiger partial charge is 0.449 e. The summed E-state index contributed by atoms with van der Waals surface area (Å²) in [6, 6.07) is 19.3. The normalized spacial score (nSPS) is 11.8. The van der Waals surface area contributed by atoms with Gasteiger partial charge in [0.2, 0.25) is 0 Å². The molecule has 0 aliphatic carbocycles. The van der Waals surface area contributed by atoms with E-state index in [1.165, 1.54) is 19.1 Å². The monoisotopic (exact) mass is 576 g/mol. The summed E-state index contributed by atoms with van der Waals surface area (Å²) in [6.07, 6.45) is -1.11. The molecule has 0 spiro atoms. The van der Waals surface area contributed by atoms with Gasteiger partial charge in [-0.3, -0.25) is 4.79 Å². The highest BCUT2D eigenvalue weighted by atomic mass is 79.9. The van der Waals surface area contributed by atoms with E-state index in [-0.39, 0.29) is 20.8 Å². The van der Waals surface area contributed by atoms with Gasteiger partial charge in [0.15, 0.2) is 6.10 Å². The highest BCUT2D eigenvalue weighted by molar-refractivity contribution is 9.10. The molecular weight excluding hydrogens is 563 g/mol. The maximum atomic E-state index is 13.1. The van der Waals surface area contributed by atoms with Crippen LogP contribution in [0.2, 0.25) is 15.1 Å². The maximum Gasteiger partial charge on any atom is 0.339 e. The average Bonchev–Trinajstić information content (AvgIpc) is 2.82. The number of hydrogen-bond acceptors (Lipinski definition) is 4. The summed E-state index contributed by atoms with van der Waals surface area (Å²) in [5.74, 6) is -1.22. The Bertz CT molecular complexity index is 1410. The summed E-state index contributed by atoms with van der Waals surface area (Å²) >= 11 is 21.5. The SMILES string of the molecule is CC(OC(=O)c1cc(-c2ccc(Br)cc2)nc2ccccc12)C(=O)Nc1cc(Cl)c(Cl)cc1Cl. The third kappa shape index (κ3) is 5.36. The number of fused-ring (bicyclic) bond motifs is 1. The molecule has 0 aliphatic heterocycles. The molecule has 0 saturated heterocycles. The number of amides is 1. The van der Waals surface area contributed by atoms with Gasteiger partial charge in [0.1, 0.15) is 0 Å². The quantitative estimate of drug-likeness (QED) is 0.194. The Labute approximate surface area is 219 Å². The summed E-state index contributed by atoms with van der Waals surface area (Å²) in [7, 11) is 0. The molecule has 172 valence electrons. The van der Waals surface area contributed by atoms with Gasteiger partial charge >= 0.3 is 5.97 Å². The second-order valence-electron chi connectivity index (χ2n) is 7.36. The Morgan fingerprint density at radius 1 is 0.941 bits per heavy atom. The molecule has 0 bridgehead atoms. The molecule has 1 unspecified atom stereocenters. The number of carbonyl (C=O) groups excluding carboxylic acids is 2. The number of nitrogens with zero attached hydrogens (tertiary/aromatic N) is 1. The number of para-hydroxylation sites is 1. The standard InChI is InChI=1S/C25H16BrCl3N2O3/c1-13(24(32)31-23-12-19(28)18(27)11-20(23)29)34-25(33)17-10-22(14-6-8-15(26)9-7-14)30-21-5-3-2-4-16(17)21/h2-13H,1H3,(H,31,32). The van der Waals surface area contributed by atoms with Gasteiger partial charge in [0, 0.05) is 15.4 Å². The third-order valence-corrected chi connectivity index (χ3v) is 6.56. The van der Waals surface area contributed by atoms with E-state index in [0.717, 1.165) is 10.0 Å². The smallest absolute Gasteiger partial charge is 0.339 e. The molecule has 1 N–H and O–H groups in total. The van der Waals surface area contributed by atoms with Crippen LogP contribution in [0.15, 0.2) is 71.2 Å². The van der Waals surface area contributed by atoms with Crippen molar-refractivity contribution in [1.29, 1.82) is 0 Å². The zero-order valence-corrected chi connectivity index (χ0v) is 21.5. The summed E-state index contributed by atoms with van der Waals surface area (Å²) in [6.45, 7) is 1.47. The van der Waals surface area contributed by atoms with E-state index in [1.54, 1.807) is 12.1 Å². The fourth-order valence-corrected chi connectivity index (χ4v) is 4.10. The van der Waals surface area contributed by atoms with Crippen molar-refractivity contribution in [2.24, 2.45) is 0 Å². The van der Waals surface area contributed by atoms with Crippen molar-refractivity contribution in [2.75, 3.05) is 5.32 Å². The van der Waals surface area contributed by atoms with Crippen molar-refractivity contribution >= 4 is 79.2 Å². The summed E-state index contributed by atoms with van der Waals surface area (Å²) in [4.78, 5) is 30.5. The Morgan fingerprint density at radius 3 is 2.35 bits per heavy atom. The molecular formula is C25H16BrCl3N2O3. The van der Waals surface area contributed by atoms with Gasteiger partial charge in [-0.2, -0.15) is 0 Å². The minimum atomic E-state index is -1.11. The molecule has 4 aromatic rings. The highest BCUT2D eigenvalue weighted by Gasteiger charge is 2.22. The lowest BCUT2D eigenvalue weighted by Gasteiger charge is -2.16. The van der Waals surface area contributed by atoms with E-state index in [1.807, 2.05) is 42.5 Å². The van der Waals surface area contributed by atoms with Crippen LogP contribution >= 0.6 is 50.7 Å². The van der Waals surface area contributed by atoms with Gasteiger partial charge < -0.3 is 10.1 Å². The molecule has 4 rings (SSSR count). The number of nitrogens with one attached hydrogen (secondary N) is 1. The van der Waals surface area contributed by atoms with Crippen LogP contribution in [0.5, 0.6) is 0 Å². The molecule has 3 aromatic carbocycles. The second-order valence-corrected chi connectivity index (χ2v) is 9.50. The summed E-state index contributed by atoms with van der Waals surface area (Å²) < 4.78 is 6.42. The summed E-state index contributed by atoms with van der Waals surface area (Å²) in [5.41, 5.74) is 2.64. The first kappa shape index (κ1) is 24.5. The van der Waals surface area contributed by atoms with Crippen molar-refractivity contribution in [3.8, 4) is 11.3 Å². The number of anilines is 1. The Morgan fingerprint density at radius 2 is 1.62 bits per heavy atom. The number of hydrogen-bond donors (Lipinski definition) is 1. The molecule has 1 heterocycles. The molecule has 0 aliphatic rings. The first-order valence-electron chi connectivity index (χ1n) is 10.0. The van der Waals surface area contributed by atoms with Crippen LogP contribution < -0.4 is 5.32 Å². The lowest BCUT2D eigenvalue weighted by molar-refractivity contribution is -0.123. The predicted octanol–water partition coefficient (Wildman–Crippen LogP) is 7.81. The van der Waals surface area contributed by atoms with Crippen molar-refractivity contribution in [3.05, 3.63) is 91.8 Å². The minimum absolute atomic E-state index is 0.209. The van der Waals surface area contributed by atoms with Crippen LogP contribution in [-0.4, -0.2) is 23.0 Å². The van der Waals surface area contributed by atoms with E-state index in [0.29, 0.717) is 22.2 Å². The van der Waals surface area contributed by atoms with Crippen LogP contribution in [0.25, 0.3) is 22.2 Å². The fourth-order valence-electron chi connectivity index (χ4n) is 3.24. The van der Waals surface area contributed by atoms with E-state index >= 15 is 0 Å². The number of ether oxygens (including phenoxy) is 1. The molecule has 0 fully saturated rings. The summed E-state index contributed by atoms with van der Waals surface area (Å²) in [5, 5.41) is 3.93. The first-order chi connectivity index (χ1) is 16.2. The van der Waals surface area contributed by atoms with Gasteiger partial charge in [-0.15, -0.1) is 0 Å². The van der Waals surface area contributed by atoms with Crippen molar-refractivity contribution < 1.29 is 14.3 Å². The van der Waals surface area contributed by atoms with Gasteiger partial charge in [-0.05, 0) is 43.3 Å². The van der Waals surface area contributed by atoms with Gasteiger partial charge in [0.05, 0.1) is 37.5 Å². The number of pyridine rings is 1. The van der Waals surface area contributed by atoms with Crippen LogP contribution in [0.4, 0.5) is 5.69 Å². The lowest BCUT2D eigenvalue weighted by atomic mass is 10.0. The Balaban J connectivity index is 1.60. The van der Waals surface area contributed by atoms with E-state index < -0.39 is 18.0 Å². The number of benzene rings is 3. The lowest BCUT2D eigenvalue weighted by Crippen LogP contribution is -2.30. The molecule has 34 heavy (non-hydrogen) atoms. The minimum Gasteiger partial charge on any atom is -0.449 e. The van der Waals surface area contributed by atoms with Crippen LogP contribution in [0.3, 0.4) is 0 Å². The number of halogens is 4. The van der Waals surface area contributed by atoms with Crippen LogP contribution in [0.1, 0.15) is 17.3 Å². The number of carbonyl (C=O) groups is 2. The van der Waals surface area contributed by atoms with Crippen molar-refractivity contribution in [1.82, 2.24) is 4.98 Å². The Hall–Kier alpha value is -2.64. The zero-order chi connectivity index (χ0) is 24.4. The van der Waals surface area contributed by atoms with Crippen molar-refractivity contribution in [3.63, 3.8) is 0 Å². The van der Waals surface area contributed by atoms with E-state index in [4.69, 9.17) is 39.5 Å². The van der Waals surface area contributed by atoms with Crippen LogP contribution in [0, 0.1) is 0 Å². The molecule has 1 aromatic heterocycles. The van der Waals surface area contributed by atoms with E-state index in [2.05, 4.69) is 26.2 Å². The third-order valence-electron chi connectivity index (χ3n) is 5.00. The van der Waals surface area contributed by atoms with Crippen LogP contribution in [-0.2, 0) is 9.53 Å². The number of aromatic nitrogens is 1. The van der Waals surface area contributed by atoms with Gasteiger partial charge in [-0.1, -0.05) is 81.1 Å². The fraction of sp³-hybridized carbons (Fsp3) is 0.0800. The average molecular weight is 579 g/mol. The van der Waals surface area contributed by atoms with Gasteiger partial charge in [-0.25, -0.2) is 9.78 Å². The predicted molar refractivity (Wildman–Crippen MR) is 140 cm³/mol. The van der Waals surface area contributed by atoms with E-state index in [9.17, 15) is 9.59 Å². The highest BCUT2D eigenvalue weighted by Crippen LogP contribution is 2.32. The first-order valence-corrected chi connectivity index (χ1v) is 12.0. The molecule has 9 heteroatoms. The molecule has 1 atom stereocenters. The molecule has 1 amide bonds. The zero-order valence-electron chi connectivity index (χ0n) is 17.6. The van der Waals surface area contributed by atoms with Gasteiger partial charge in [0.25, 0.3) is 5.91 Å². The molecule has 0 radical (unpaired) electrons. The van der Waals surface area contributed by atoms with Crippen molar-refractivity contribution in [2.45, 2.75) is 13.0 Å². The Kier molecular flexibility index (Phi) is 7.43. The second kappa shape index (κ2) is 10.3. The number of esters is 1.